The molecule has 0 spiro atoms. The number of para-hydroxylation sites is 9. The molecule has 0 fully saturated rings. The molecular formula is C104H64N8O. The van der Waals surface area contributed by atoms with Gasteiger partial charge in [-0.05, 0) is 221 Å². The molecule has 9 heteroatoms. The van der Waals surface area contributed by atoms with Crippen molar-refractivity contribution < 1.29 is 4.42 Å². The third kappa shape index (κ3) is 9.65. The molecule has 113 heavy (non-hydrogen) atoms. The molecule has 24 rings (SSSR count). The maximum atomic E-state index is 6.36. The molecule has 0 aliphatic carbocycles. The molecule has 0 N–H and O–H groups in total. The zero-order valence-corrected chi connectivity index (χ0v) is 60.9. The minimum Gasteiger partial charge on any atom is -0.456 e. The number of benzene rings is 17. The zero-order valence-electron chi connectivity index (χ0n) is 60.9. The minimum atomic E-state index is 0.556. The van der Waals surface area contributed by atoms with Crippen LogP contribution >= 0.6 is 0 Å². The van der Waals surface area contributed by atoms with Crippen molar-refractivity contribution in [3.63, 3.8) is 0 Å². The topological polar surface area (TPSA) is 66.8 Å². The molecular weight excluding hydrogens is 1380 g/mol. The van der Waals surface area contributed by atoms with Crippen LogP contribution in [0.5, 0.6) is 0 Å². The minimum absolute atomic E-state index is 0.556. The Hall–Kier alpha value is -15.3. The molecule has 17 aromatic carbocycles. The van der Waals surface area contributed by atoms with Crippen LogP contribution in [0.2, 0.25) is 0 Å². The van der Waals surface area contributed by atoms with E-state index in [2.05, 4.69) is 404 Å². The average molecular weight is 1440 g/mol. The van der Waals surface area contributed by atoms with E-state index in [-0.39, 0.29) is 0 Å². The highest BCUT2D eigenvalue weighted by Gasteiger charge is 2.26. The fraction of sp³-hybridized carbons (Fsp3) is 0. The van der Waals surface area contributed by atoms with Crippen molar-refractivity contribution in [3.8, 4) is 62.2 Å². The number of hydrogen-bond acceptors (Lipinski definition) is 4. The summed E-state index contributed by atoms with van der Waals surface area (Å²) in [7, 11) is 0. The van der Waals surface area contributed by atoms with Gasteiger partial charge in [0.05, 0.1) is 60.7 Å². The molecule has 0 radical (unpaired) electrons. The third-order valence-electron chi connectivity index (χ3n) is 23.4. The summed E-state index contributed by atoms with van der Waals surface area (Å²) in [5.74, 6) is 1.32. The number of furan rings is 1. The van der Waals surface area contributed by atoms with E-state index in [1.807, 2.05) is 12.1 Å². The normalized spacial score (nSPS) is 12.1. The molecule has 0 saturated carbocycles. The molecule has 9 nitrogen and oxygen atoms in total. The lowest BCUT2D eigenvalue weighted by molar-refractivity contribution is 0.669. The van der Waals surface area contributed by atoms with Crippen molar-refractivity contribution in [2.75, 3.05) is 4.90 Å². The van der Waals surface area contributed by atoms with Crippen molar-refractivity contribution >= 4 is 159 Å². The highest BCUT2D eigenvalue weighted by Crippen LogP contribution is 2.46. The first kappa shape index (κ1) is 62.7. The second-order valence-corrected chi connectivity index (χ2v) is 29.6. The molecule has 0 bridgehead atoms. The highest BCUT2D eigenvalue weighted by molar-refractivity contribution is 6.17. The maximum absolute atomic E-state index is 6.36. The number of hydrogen-bond donors (Lipinski definition) is 0. The summed E-state index contributed by atoms with van der Waals surface area (Å²) in [6.07, 6.45) is 0. The fourth-order valence-electron chi connectivity index (χ4n) is 18.4. The molecule has 24 aromatic rings. The SMILES string of the molecule is c1ccc(N(c2ccccc2)c2ccc3c(c2)c2ccccc2n3-c2ccc3nc(-n4c5ccc(-c6ccc7c(c6)c6ccccc6n7-c6ccccc6)cc5c5cc(-c6ccc7c(c6)c6ccccc6n7-c6ccccc6)ccc54)nc(-n4c5ccccc5c5cc(-c6ccc7oc8ccccc8c7c6)ccc54)c3c2)cc1. The van der Waals surface area contributed by atoms with Gasteiger partial charge >= 0.3 is 0 Å². The van der Waals surface area contributed by atoms with E-state index in [9.17, 15) is 0 Å². The number of fused-ring (bicyclic) bond motifs is 19. The fourth-order valence-corrected chi connectivity index (χ4v) is 18.4. The molecule has 0 unspecified atom stereocenters. The van der Waals surface area contributed by atoms with Crippen LogP contribution in [0.15, 0.2) is 393 Å². The van der Waals surface area contributed by atoms with E-state index >= 15 is 0 Å². The van der Waals surface area contributed by atoms with Crippen molar-refractivity contribution in [3.05, 3.63) is 388 Å². The van der Waals surface area contributed by atoms with Gasteiger partial charge in [-0.15, -0.1) is 0 Å². The molecule has 0 saturated heterocycles. The first-order chi connectivity index (χ1) is 56.0. The molecule has 0 atom stereocenters. The summed E-state index contributed by atoms with van der Waals surface area (Å²) in [5.41, 5.74) is 26.6. The van der Waals surface area contributed by atoms with Gasteiger partial charge in [0, 0.05) is 104 Å². The van der Waals surface area contributed by atoms with E-state index in [1.54, 1.807) is 0 Å². The maximum Gasteiger partial charge on any atom is 0.237 e. The smallest absolute Gasteiger partial charge is 0.237 e. The van der Waals surface area contributed by atoms with Crippen molar-refractivity contribution in [2.24, 2.45) is 0 Å². The number of aromatic nitrogens is 7. The van der Waals surface area contributed by atoms with E-state index in [0.29, 0.717) is 5.95 Å². The van der Waals surface area contributed by atoms with Gasteiger partial charge in [-0.25, -0.2) is 4.98 Å². The van der Waals surface area contributed by atoms with Gasteiger partial charge in [-0.2, -0.15) is 4.98 Å². The predicted octanol–water partition coefficient (Wildman–Crippen LogP) is 27.5. The molecule has 526 valence electrons. The summed E-state index contributed by atoms with van der Waals surface area (Å²) in [6.45, 7) is 0. The van der Waals surface area contributed by atoms with Crippen LogP contribution < -0.4 is 4.90 Å². The zero-order chi connectivity index (χ0) is 73.9. The molecule has 0 aliphatic rings. The largest absolute Gasteiger partial charge is 0.456 e. The number of nitrogens with zero attached hydrogens (tertiary/aromatic N) is 8. The lowest BCUT2D eigenvalue weighted by Crippen LogP contribution is -2.09. The Labute approximate surface area is 647 Å². The second kappa shape index (κ2) is 24.6. The van der Waals surface area contributed by atoms with Gasteiger partial charge in [0.25, 0.3) is 0 Å². The van der Waals surface area contributed by atoms with Crippen molar-refractivity contribution in [2.45, 2.75) is 0 Å². The summed E-state index contributed by atoms with van der Waals surface area (Å²) < 4.78 is 18.2. The van der Waals surface area contributed by atoms with Gasteiger partial charge in [-0.3, -0.25) is 9.13 Å². The first-order valence-electron chi connectivity index (χ1n) is 38.5. The van der Waals surface area contributed by atoms with Crippen LogP contribution in [0, 0.1) is 0 Å². The number of anilines is 3. The Morgan fingerprint density at radius 2 is 0.531 bits per heavy atom. The quantitative estimate of drug-likeness (QED) is 0.129. The van der Waals surface area contributed by atoms with Gasteiger partial charge in [-0.1, -0.05) is 200 Å². The highest BCUT2D eigenvalue weighted by atomic mass is 16.3. The standard InChI is InChI=1S/C104H64N8O/c1-5-23-71(24-6-1)107(72-25-7-2-8-26-72)75-48-55-97-87(63-75)80-34-15-20-38-93(80)110(97)76-47-49-90-89(64-76)103(111-94-39-21-16-33-79(94)84-59-67(43-52-98(84)111)70-46-56-102-88(62-70)81-35-17-22-40-101(81)113-102)106-104(105-90)112-99-53-44-68(65-41-50-95-82(57-65)77-31-13-18-36-91(77)108(95)73-27-9-3-10-28-73)60-85(99)86-61-69(45-54-100(86)112)66-42-51-96-83(58-66)78-32-14-19-37-92(78)109(96)74-29-11-4-12-30-74/h1-64H. The van der Waals surface area contributed by atoms with E-state index in [4.69, 9.17) is 14.4 Å². The van der Waals surface area contributed by atoms with Crippen LogP contribution in [-0.2, 0) is 0 Å². The average Bonchev–Trinajstić information content (AvgIpc) is 1.55. The van der Waals surface area contributed by atoms with Crippen molar-refractivity contribution in [1.29, 1.82) is 0 Å². The Kier molecular flexibility index (Phi) is 13.6. The Morgan fingerprint density at radius 1 is 0.195 bits per heavy atom. The van der Waals surface area contributed by atoms with Gasteiger partial charge in [0.15, 0.2) is 5.82 Å². The Morgan fingerprint density at radius 3 is 1.01 bits per heavy atom. The lowest BCUT2D eigenvalue weighted by Gasteiger charge is -2.25. The van der Waals surface area contributed by atoms with Crippen LogP contribution in [0.3, 0.4) is 0 Å². The van der Waals surface area contributed by atoms with Gasteiger partial charge < -0.3 is 23.0 Å². The molecule has 0 amide bonds. The lowest BCUT2D eigenvalue weighted by atomic mass is 9.98. The van der Waals surface area contributed by atoms with Crippen molar-refractivity contribution in [1.82, 2.24) is 32.8 Å². The summed E-state index contributed by atoms with van der Waals surface area (Å²) in [5, 5.41) is 14.6. The first-order valence-corrected chi connectivity index (χ1v) is 38.5. The molecule has 7 heterocycles. The van der Waals surface area contributed by atoms with E-state index in [1.165, 1.54) is 32.6 Å². The third-order valence-corrected chi connectivity index (χ3v) is 23.4. The molecule has 0 aliphatic heterocycles. The van der Waals surface area contributed by atoms with Gasteiger partial charge in [0.1, 0.15) is 11.2 Å². The van der Waals surface area contributed by atoms with Crippen LogP contribution in [-0.4, -0.2) is 32.8 Å². The Bertz CT molecular complexity index is 7810. The van der Waals surface area contributed by atoms with Crippen LogP contribution in [0.1, 0.15) is 0 Å². The van der Waals surface area contributed by atoms with Crippen LogP contribution in [0.25, 0.3) is 204 Å². The van der Waals surface area contributed by atoms with Gasteiger partial charge in [0.2, 0.25) is 5.95 Å². The van der Waals surface area contributed by atoms with E-state index in [0.717, 1.165) is 183 Å². The summed E-state index contributed by atoms with van der Waals surface area (Å²) in [4.78, 5) is 14.3. The molecule has 7 aromatic heterocycles. The van der Waals surface area contributed by atoms with E-state index < -0.39 is 0 Å². The second-order valence-electron chi connectivity index (χ2n) is 29.6. The van der Waals surface area contributed by atoms with Crippen LogP contribution in [0.4, 0.5) is 17.1 Å². The predicted molar refractivity (Wildman–Crippen MR) is 470 cm³/mol. The Balaban J connectivity index is 0.740. The monoisotopic (exact) mass is 1440 g/mol. The number of rotatable bonds is 11. The summed E-state index contributed by atoms with van der Waals surface area (Å²) in [6, 6.07) is 141. The summed E-state index contributed by atoms with van der Waals surface area (Å²) >= 11 is 0.